The number of benzene rings is 1. The Hall–Kier alpha value is -2.67. The summed E-state index contributed by atoms with van der Waals surface area (Å²) in [5, 5.41) is 7.51. The van der Waals surface area contributed by atoms with Crippen molar-refractivity contribution in [3.63, 3.8) is 0 Å². The molecule has 8 heteroatoms. The molecule has 2 heterocycles. The average molecular weight is 433 g/mol. The van der Waals surface area contributed by atoms with E-state index in [1.807, 2.05) is 18.7 Å². The maximum atomic E-state index is 13.2. The van der Waals surface area contributed by atoms with E-state index < -0.39 is 6.04 Å². The third-order valence-electron chi connectivity index (χ3n) is 5.17. The molecule has 0 spiro atoms. The van der Waals surface area contributed by atoms with E-state index in [1.54, 1.807) is 25.1 Å². The summed E-state index contributed by atoms with van der Waals surface area (Å²) >= 11 is 6.44. The van der Waals surface area contributed by atoms with Crippen LogP contribution in [0.4, 0.5) is 4.39 Å². The second-order valence-corrected chi connectivity index (χ2v) is 8.13. The zero-order valence-electron chi connectivity index (χ0n) is 17.4. The van der Waals surface area contributed by atoms with E-state index in [4.69, 9.17) is 11.6 Å². The van der Waals surface area contributed by atoms with Gasteiger partial charge >= 0.3 is 0 Å². The lowest BCUT2D eigenvalue weighted by Crippen LogP contribution is -2.50. The molecule has 0 bridgehead atoms. The standard InChI is InChI=1S/C22H26ClFN4O2/c1-14(2)20(22(30)27-12-4-5-13-27)25-19(29)11-10-18-15(3)26-28(21(18)23)17-8-6-16(24)7-9-17/h6-11,14,20H,4-5,12-13H2,1-3H3,(H,25,29)/t20-/m0/s1. The first-order chi connectivity index (χ1) is 14.3. The highest BCUT2D eigenvalue weighted by Gasteiger charge is 2.29. The molecule has 2 amide bonds. The lowest BCUT2D eigenvalue weighted by Gasteiger charge is -2.26. The number of aryl methyl sites for hydroxylation is 1. The SMILES string of the molecule is Cc1nn(-c2ccc(F)cc2)c(Cl)c1C=CC(=O)N[C@H](C(=O)N1CCCC1)C(C)C. The minimum absolute atomic E-state index is 0.0259. The summed E-state index contributed by atoms with van der Waals surface area (Å²) in [5.74, 6) is -0.783. The number of nitrogens with zero attached hydrogens (tertiary/aromatic N) is 3. The van der Waals surface area contributed by atoms with Crippen LogP contribution in [0, 0.1) is 18.7 Å². The highest BCUT2D eigenvalue weighted by atomic mass is 35.5. The van der Waals surface area contributed by atoms with Crippen LogP contribution in [0.2, 0.25) is 5.15 Å². The molecule has 30 heavy (non-hydrogen) atoms. The highest BCUT2D eigenvalue weighted by Crippen LogP contribution is 2.25. The van der Waals surface area contributed by atoms with Gasteiger partial charge in [-0.05, 0) is 56.0 Å². The Bertz CT molecular complexity index is 947. The van der Waals surface area contributed by atoms with E-state index in [-0.39, 0.29) is 23.5 Å². The topological polar surface area (TPSA) is 67.2 Å². The number of nitrogens with one attached hydrogen (secondary N) is 1. The Balaban J connectivity index is 1.73. The third kappa shape index (κ3) is 4.90. The molecule has 0 unspecified atom stereocenters. The summed E-state index contributed by atoms with van der Waals surface area (Å²) in [5.41, 5.74) is 1.83. The summed E-state index contributed by atoms with van der Waals surface area (Å²) < 4.78 is 14.7. The molecule has 1 aliphatic heterocycles. The highest BCUT2D eigenvalue weighted by molar-refractivity contribution is 6.31. The van der Waals surface area contributed by atoms with Crippen LogP contribution >= 0.6 is 11.6 Å². The van der Waals surface area contributed by atoms with Gasteiger partial charge in [0.05, 0.1) is 11.4 Å². The van der Waals surface area contributed by atoms with Crippen LogP contribution in [0.1, 0.15) is 37.9 Å². The lowest BCUT2D eigenvalue weighted by atomic mass is 10.0. The summed E-state index contributed by atoms with van der Waals surface area (Å²) in [7, 11) is 0. The molecule has 0 radical (unpaired) electrons. The van der Waals surface area contributed by atoms with E-state index in [1.165, 1.54) is 22.9 Å². The number of hydrogen-bond acceptors (Lipinski definition) is 3. The Morgan fingerprint density at radius 2 is 1.83 bits per heavy atom. The van der Waals surface area contributed by atoms with Gasteiger partial charge in [-0.2, -0.15) is 5.10 Å². The summed E-state index contributed by atoms with van der Waals surface area (Å²) in [6.45, 7) is 7.08. The first-order valence-corrected chi connectivity index (χ1v) is 10.4. The number of likely N-dealkylation sites (tertiary alicyclic amines) is 1. The van der Waals surface area contributed by atoms with Crippen molar-refractivity contribution in [3.8, 4) is 5.69 Å². The number of amides is 2. The molecule has 1 aromatic carbocycles. The first-order valence-electron chi connectivity index (χ1n) is 10.1. The van der Waals surface area contributed by atoms with Gasteiger partial charge in [0.2, 0.25) is 11.8 Å². The molecule has 1 N–H and O–H groups in total. The van der Waals surface area contributed by atoms with Crippen molar-refractivity contribution in [3.05, 3.63) is 52.6 Å². The molecular weight excluding hydrogens is 407 g/mol. The largest absolute Gasteiger partial charge is 0.341 e. The number of rotatable bonds is 6. The maximum absolute atomic E-state index is 13.2. The summed E-state index contributed by atoms with van der Waals surface area (Å²) in [6.07, 6.45) is 4.94. The number of halogens is 2. The molecule has 1 saturated heterocycles. The Morgan fingerprint density at radius 1 is 1.20 bits per heavy atom. The minimum Gasteiger partial charge on any atom is -0.341 e. The molecule has 1 aliphatic rings. The van der Waals surface area contributed by atoms with Crippen LogP contribution in [-0.4, -0.2) is 45.6 Å². The van der Waals surface area contributed by atoms with Gasteiger partial charge in [-0.25, -0.2) is 9.07 Å². The van der Waals surface area contributed by atoms with Gasteiger partial charge in [0.25, 0.3) is 0 Å². The fourth-order valence-electron chi connectivity index (χ4n) is 3.46. The van der Waals surface area contributed by atoms with Gasteiger partial charge in [0.1, 0.15) is 17.0 Å². The number of hydrogen-bond donors (Lipinski definition) is 1. The predicted molar refractivity (Wildman–Crippen MR) is 115 cm³/mol. The molecular formula is C22H26ClFN4O2. The zero-order valence-corrected chi connectivity index (χ0v) is 18.1. The van der Waals surface area contributed by atoms with E-state index in [2.05, 4.69) is 10.4 Å². The molecule has 3 rings (SSSR count). The lowest BCUT2D eigenvalue weighted by molar-refractivity contribution is -0.135. The van der Waals surface area contributed by atoms with Gasteiger partial charge in [-0.3, -0.25) is 9.59 Å². The molecule has 2 aromatic rings. The van der Waals surface area contributed by atoms with Crippen LogP contribution in [0.3, 0.4) is 0 Å². The normalized spacial score (nSPS) is 15.2. The molecule has 0 saturated carbocycles. The van der Waals surface area contributed by atoms with E-state index >= 15 is 0 Å². The Morgan fingerprint density at radius 3 is 2.43 bits per heavy atom. The molecule has 160 valence electrons. The zero-order chi connectivity index (χ0) is 21.8. The Labute approximate surface area is 180 Å². The van der Waals surface area contributed by atoms with Crippen molar-refractivity contribution in [2.45, 2.75) is 39.7 Å². The van der Waals surface area contributed by atoms with Crippen LogP contribution in [-0.2, 0) is 9.59 Å². The van der Waals surface area contributed by atoms with Crippen LogP contribution in [0.15, 0.2) is 30.3 Å². The second kappa shape index (κ2) is 9.43. The van der Waals surface area contributed by atoms with Crippen molar-refractivity contribution in [2.24, 2.45) is 5.92 Å². The minimum atomic E-state index is -0.571. The van der Waals surface area contributed by atoms with Crippen molar-refractivity contribution in [1.82, 2.24) is 20.0 Å². The monoisotopic (exact) mass is 432 g/mol. The molecule has 6 nitrogen and oxygen atoms in total. The quantitative estimate of drug-likeness (QED) is 0.707. The van der Waals surface area contributed by atoms with Gasteiger partial charge in [0.15, 0.2) is 0 Å². The molecule has 1 fully saturated rings. The van der Waals surface area contributed by atoms with Gasteiger partial charge in [0, 0.05) is 24.7 Å². The van der Waals surface area contributed by atoms with E-state index in [9.17, 15) is 14.0 Å². The van der Waals surface area contributed by atoms with Gasteiger partial charge in [-0.15, -0.1) is 0 Å². The fraction of sp³-hybridized carbons (Fsp3) is 0.409. The van der Waals surface area contributed by atoms with Gasteiger partial charge in [-0.1, -0.05) is 25.4 Å². The van der Waals surface area contributed by atoms with Crippen molar-refractivity contribution < 1.29 is 14.0 Å². The molecule has 1 aromatic heterocycles. The number of aromatic nitrogens is 2. The summed E-state index contributed by atoms with van der Waals surface area (Å²) in [4.78, 5) is 27.0. The number of carbonyl (C=O) groups is 2. The Kier molecular flexibility index (Phi) is 6.92. The van der Waals surface area contributed by atoms with E-state index in [0.29, 0.717) is 22.1 Å². The second-order valence-electron chi connectivity index (χ2n) is 7.77. The van der Waals surface area contributed by atoms with E-state index in [0.717, 1.165) is 25.9 Å². The van der Waals surface area contributed by atoms with Crippen molar-refractivity contribution in [2.75, 3.05) is 13.1 Å². The first kappa shape index (κ1) is 22.0. The summed E-state index contributed by atoms with van der Waals surface area (Å²) in [6, 6.07) is 5.24. The van der Waals surface area contributed by atoms with Crippen molar-refractivity contribution >= 4 is 29.5 Å². The average Bonchev–Trinajstić information content (AvgIpc) is 3.33. The fourth-order valence-corrected chi connectivity index (χ4v) is 3.80. The smallest absolute Gasteiger partial charge is 0.245 e. The molecule has 1 atom stereocenters. The van der Waals surface area contributed by atoms with Crippen molar-refractivity contribution in [1.29, 1.82) is 0 Å². The molecule has 0 aliphatic carbocycles. The van der Waals surface area contributed by atoms with Crippen LogP contribution in [0.5, 0.6) is 0 Å². The van der Waals surface area contributed by atoms with Gasteiger partial charge < -0.3 is 10.2 Å². The third-order valence-corrected chi connectivity index (χ3v) is 5.53. The predicted octanol–water partition coefficient (Wildman–Crippen LogP) is 3.75. The van der Waals surface area contributed by atoms with Crippen LogP contribution in [0.25, 0.3) is 11.8 Å². The van der Waals surface area contributed by atoms with Crippen LogP contribution < -0.4 is 5.32 Å². The number of carbonyl (C=O) groups excluding carboxylic acids is 2. The maximum Gasteiger partial charge on any atom is 0.245 e.